The highest BCUT2D eigenvalue weighted by Crippen LogP contribution is 2.48. The van der Waals surface area contributed by atoms with E-state index in [4.69, 9.17) is 10.2 Å². The third-order valence-electron chi connectivity index (χ3n) is 6.78. The molecule has 1 saturated carbocycles. The first-order chi connectivity index (χ1) is 14.7. The van der Waals surface area contributed by atoms with Crippen LogP contribution in [0.2, 0.25) is 0 Å². The van der Waals surface area contributed by atoms with Gasteiger partial charge < -0.3 is 0 Å². The van der Waals surface area contributed by atoms with Gasteiger partial charge in [0.25, 0.3) is 5.56 Å². The van der Waals surface area contributed by atoms with Gasteiger partial charge in [0.2, 0.25) is 0 Å². The Kier molecular flexibility index (Phi) is 6.63. The normalized spacial score (nSPS) is 16.7. The summed E-state index contributed by atoms with van der Waals surface area (Å²) in [7, 11) is 0. The molecule has 1 heterocycles. The predicted molar refractivity (Wildman–Crippen MR) is 123 cm³/mol. The van der Waals surface area contributed by atoms with Crippen molar-refractivity contribution in [2.24, 2.45) is 0 Å². The zero-order chi connectivity index (χ0) is 21.0. The first-order valence-corrected chi connectivity index (χ1v) is 12.4. The van der Waals surface area contributed by atoms with E-state index in [1.807, 2.05) is 10.6 Å². The molecular formula is C25H31N3OS. The molecule has 4 nitrogen and oxygen atoms in total. The molecule has 0 bridgehead atoms. The molecule has 0 saturated heterocycles. The summed E-state index contributed by atoms with van der Waals surface area (Å²) in [6.45, 7) is 2.90. The van der Waals surface area contributed by atoms with E-state index in [1.54, 1.807) is 0 Å². The van der Waals surface area contributed by atoms with E-state index < -0.39 is 0 Å². The Hall–Kier alpha value is -2.06. The van der Waals surface area contributed by atoms with Crippen molar-refractivity contribution in [2.75, 3.05) is 5.75 Å². The number of nitrogens with zero attached hydrogens (tertiary/aromatic N) is 3. The Balaban J connectivity index is 1.87. The van der Waals surface area contributed by atoms with Gasteiger partial charge in [-0.3, -0.25) is 9.36 Å². The van der Waals surface area contributed by atoms with Gasteiger partial charge in [-0.05, 0) is 31.2 Å². The fraction of sp³-hybridized carbons (Fsp3) is 0.560. The van der Waals surface area contributed by atoms with Gasteiger partial charge in [0.1, 0.15) is 0 Å². The summed E-state index contributed by atoms with van der Waals surface area (Å²) in [6, 6.07) is 10.7. The van der Waals surface area contributed by atoms with Crippen LogP contribution in [-0.4, -0.2) is 15.3 Å². The van der Waals surface area contributed by atoms with E-state index in [0.29, 0.717) is 17.5 Å². The molecule has 1 aromatic carbocycles. The molecule has 2 aromatic rings. The number of thioether (sulfide) groups is 1. The van der Waals surface area contributed by atoms with Crippen molar-refractivity contribution in [3.05, 3.63) is 45.7 Å². The summed E-state index contributed by atoms with van der Waals surface area (Å²) in [5.41, 5.74) is 4.34. The zero-order valence-electron chi connectivity index (χ0n) is 18.0. The highest BCUT2D eigenvalue weighted by molar-refractivity contribution is 7.99. The Morgan fingerprint density at radius 3 is 2.73 bits per heavy atom. The van der Waals surface area contributed by atoms with Gasteiger partial charge >= 0.3 is 0 Å². The van der Waals surface area contributed by atoms with Gasteiger partial charge in [-0.2, -0.15) is 5.26 Å². The summed E-state index contributed by atoms with van der Waals surface area (Å²) in [5.74, 6) is 0.312. The highest BCUT2D eigenvalue weighted by atomic mass is 32.2. The first-order valence-electron chi connectivity index (χ1n) is 11.4. The molecule has 4 rings (SSSR count). The number of nitriles is 1. The van der Waals surface area contributed by atoms with E-state index >= 15 is 0 Å². The average molecular weight is 422 g/mol. The molecule has 1 fully saturated rings. The first kappa shape index (κ1) is 21.2. The number of hydrogen-bond donors (Lipinski definition) is 0. The number of benzene rings is 1. The topological polar surface area (TPSA) is 58.7 Å². The van der Waals surface area contributed by atoms with Gasteiger partial charge in [-0.25, -0.2) is 4.98 Å². The standard InChI is InChI=1S/C25H31N3OS/c1-2-3-4-10-16-28-23(29)21-22(27-24(28)30-17-15-26)20-12-7-6-11-19(20)18-25(21)13-8-5-9-14-25/h6-7,11-12H,2-5,8-10,13-14,16-18H2,1H3. The van der Waals surface area contributed by atoms with Crippen molar-refractivity contribution < 1.29 is 0 Å². The Morgan fingerprint density at radius 1 is 1.17 bits per heavy atom. The minimum absolute atomic E-state index is 0.0738. The molecule has 5 heteroatoms. The van der Waals surface area contributed by atoms with Crippen LogP contribution >= 0.6 is 11.8 Å². The quantitative estimate of drug-likeness (QED) is 0.319. The van der Waals surface area contributed by atoms with Crippen LogP contribution in [0.25, 0.3) is 11.3 Å². The molecular weight excluding hydrogens is 390 g/mol. The number of fused-ring (bicyclic) bond motifs is 4. The molecule has 2 aliphatic carbocycles. The van der Waals surface area contributed by atoms with E-state index in [9.17, 15) is 4.79 Å². The number of aromatic nitrogens is 2. The van der Waals surface area contributed by atoms with E-state index in [-0.39, 0.29) is 11.0 Å². The smallest absolute Gasteiger partial charge is 0.258 e. The van der Waals surface area contributed by atoms with Crippen LogP contribution in [0.4, 0.5) is 0 Å². The van der Waals surface area contributed by atoms with Crippen molar-refractivity contribution in [3.8, 4) is 17.3 Å². The van der Waals surface area contributed by atoms with Crippen molar-refractivity contribution in [1.82, 2.24) is 9.55 Å². The molecule has 2 aliphatic rings. The molecule has 158 valence electrons. The Morgan fingerprint density at radius 2 is 1.97 bits per heavy atom. The largest absolute Gasteiger partial charge is 0.287 e. The van der Waals surface area contributed by atoms with E-state index in [2.05, 4.69) is 31.2 Å². The minimum atomic E-state index is -0.0738. The number of unbranched alkanes of at least 4 members (excludes halogenated alkanes) is 3. The predicted octanol–water partition coefficient (Wildman–Crippen LogP) is 5.86. The number of rotatable bonds is 7. The van der Waals surface area contributed by atoms with Crippen LogP contribution in [0.1, 0.15) is 75.8 Å². The second kappa shape index (κ2) is 9.39. The van der Waals surface area contributed by atoms with Gasteiger partial charge in [0.15, 0.2) is 5.16 Å². The molecule has 0 amide bonds. The lowest BCUT2D eigenvalue weighted by Crippen LogP contribution is -2.43. The van der Waals surface area contributed by atoms with Crippen LogP contribution in [0.15, 0.2) is 34.2 Å². The summed E-state index contributed by atoms with van der Waals surface area (Å²) in [4.78, 5) is 19.0. The number of hydrogen-bond acceptors (Lipinski definition) is 4. The molecule has 0 N–H and O–H groups in total. The van der Waals surface area contributed by atoms with Gasteiger partial charge in [0.05, 0.1) is 23.1 Å². The summed E-state index contributed by atoms with van der Waals surface area (Å²) in [5, 5.41) is 9.85. The summed E-state index contributed by atoms with van der Waals surface area (Å²) >= 11 is 1.40. The van der Waals surface area contributed by atoms with Crippen LogP contribution in [0, 0.1) is 11.3 Å². The fourth-order valence-corrected chi connectivity index (χ4v) is 6.00. The Labute approximate surface area is 183 Å². The monoisotopic (exact) mass is 421 g/mol. The van der Waals surface area contributed by atoms with Gasteiger partial charge in [-0.1, -0.05) is 81.5 Å². The highest BCUT2D eigenvalue weighted by Gasteiger charge is 2.43. The summed E-state index contributed by atoms with van der Waals surface area (Å²) < 4.78 is 1.89. The second-order valence-electron chi connectivity index (χ2n) is 8.76. The lowest BCUT2D eigenvalue weighted by atomic mass is 9.62. The van der Waals surface area contributed by atoms with Gasteiger partial charge in [-0.15, -0.1) is 0 Å². The van der Waals surface area contributed by atoms with E-state index in [0.717, 1.165) is 48.9 Å². The van der Waals surface area contributed by atoms with Crippen molar-refractivity contribution in [1.29, 1.82) is 5.26 Å². The van der Waals surface area contributed by atoms with Gasteiger partial charge in [0, 0.05) is 17.5 Å². The molecule has 1 spiro atoms. The fourth-order valence-electron chi connectivity index (χ4n) is 5.32. The molecule has 1 aromatic heterocycles. The van der Waals surface area contributed by atoms with Crippen LogP contribution in [0.5, 0.6) is 0 Å². The zero-order valence-corrected chi connectivity index (χ0v) is 18.8. The SMILES string of the molecule is CCCCCCn1c(SCC#N)nc2c(c1=O)C1(CCCCC1)Cc1ccccc1-2. The second-order valence-corrected chi connectivity index (χ2v) is 9.70. The third-order valence-corrected chi connectivity index (χ3v) is 7.62. The van der Waals surface area contributed by atoms with Crippen molar-refractivity contribution in [3.63, 3.8) is 0 Å². The lowest BCUT2D eigenvalue weighted by Gasteiger charge is -2.42. The molecule has 0 unspecified atom stereocenters. The summed E-state index contributed by atoms with van der Waals surface area (Å²) in [6.07, 6.45) is 11.2. The molecule has 30 heavy (non-hydrogen) atoms. The van der Waals surface area contributed by atoms with E-state index in [1.165, 1.54) is 49.4 Å². The minimum Gasteiger partial charge on any atom is -0.287 e. The maximum Gasteiger partial charge on any atom is 0.258 e. The van der Waals surface area contributed by atoms with Crippen LogP contribution in [0.3, 0.4) is 0 Å². The maximum absolute atomic E-state index is 14.0. The van der Waals surface area contributed by atoms with Crippen LogP contribution in [-0.2, 0) is 18.4 Å². The lowest BCUT2D eigenvalue weighted by molar-refractivity contribution is 0.281. The maximum atomic E-state index is 14.0. The average Bonchev–Trinajstić information content (AvgIpc) is 2.77. The van der Waals surface area contributed by atoms with Crippen molar-refractivity contribution in [2.45, 2.75) is 88.2 Å². The molecule has 0 aliphatic heterocycles. The molecule has 0 radical (unpaired) electrons. The third kappa shape index (κ3) is 3.95. The molecule has 0 atom stereocenters. The van der Waals surface area contributed by atoms with Crippen molar-refractivity contribution >= 4 is 11.8 Å². The Bertz CT molecular complexity index is 998. The van der Waals surface area contributed by atoms with Crippen LogP contribution < -0.4 is 5.56 Å².